The molecule has 0 bridgehead atoms. The minimum absolute atomic E-state index is 0.0668. The predicted molar refractivity (Wildman–Crippen MR) is 93.7 cm³/mol. The van der Waals surface area contributed by atoms with E-state index in [9.17, 15) is 5.11 Å². The summed E-state index contributed by atoms with van der Waals surface area (Å²) in [5, 5.41) is 14.3. The van der Waals surface area contributed by atoms with E-state index in [1.807, 2.05) is 4.90 Å². The van der Waals surface area contributed by atoms with Crippen LogP contribution in [0, 0.1) is 0 Å². The topological polar surface area (TPSA) is 105 Å². The molecule has 1 aliphatic rings. The number of rotatable bonds is 5. The molecule has 0 spiro atoms. The van der Waals surface area contributed by atoms with E-state index in [1.165, 1.54) is 19.4 Å². The molecule has 25 heavy (non-hydrogen) atoms. The van der Waals surface area contributed by atoms with Crippen molar-refractivity contribution in [3.8, 4) is 11.8 Å². The molecule has 1 aromatic carbocycles. The summed E-state index contributed by atoms with van der Waals surface area (Å²) in [4.78, 5) is 14.7. The molecule has 2 heterocycles. The number of anilines is 2. The predicted octanol–water partition coefficient (Wildman–Crippen LogP) is 1.52. The number of hydrogen-bond acceptors (Lipinski definition) is 9. The van der Waals surface area contributed by atoms with Crippen LogP contribution in [0.3, 0.4) is 0 Å². The highest BCUT2D eigenvalue weighted by molar-refractivity contribution is 6.30. The Morgan fingerprint density at radius 2 is 2.12 bits per heavy atom. The highest BCUT2D eigenvalue weighted by Gasteiger charge is 2.16. The van der Waals surface area contributed by atoms with Crippen molar-refractivity contribution in [2.45, 2.75) is 0 Å². The van der Waals surface area contributed by atoms with Crippen molar-refractivity contribution >= 4 is 29.7 Å². The van der Waals surface area contributed by atoms with E-state index in [4.69, 9.17) is 21.1 Å². The number of methoxy groups -OCH3 is 1. The Labute approximate surface area is 149 Å². The average molecular weight is 365 g/mol. The number of benzene rings is 1. The molecule has 1 aliphatic heterocycles. The fourth-order valence-corrected chi connectivity index (χ4v) is 2.36. The highest BCUT2D eigenvalue weighted by atomic mass is 35.5. The van der Waals surface area contributed by atoms with Crippen LogP contribution < -0.4 is 15.1 Å². The van der Waals surface area contributed by atoms with Gasteiger partial charge in [0.25, 0.3) is 5.95 Å². The zero-order valence-corrected chi connectivity index (χ0v) is 14.3. The molecule has 2 N–H and O–H groups in total. The molecular weight excluding hydrogens is 348 g/mol. The van der Waals surface area contributed by atoms with E-state index in [1.54, 1.807) is 12.1 Å². The van der Waals surface area contributed by atoms with E-state index >= 15 is 0 Å². The molecule has 0 aliphatic carbocycles. The van der Waals surface area contributed by atoms with Crippen LogP contribution in [-0.2, 0) is 4.74 Å². The second kappa shape index (κ2) is 7.95. The molecule has 10 heteroatoms. The Morgan fingerprint density at radius 1 is 1.32 bits per heavy atom. The Bertz CT molecular complexity index is 767. The van der Waals surface area contributed by atoms with Crippen molar-refractivity contribution in [3.63, 3.8) is 0 Å². The van der Waals surface area contributed by atoms with Crippen LogP contribution in [0.5, 0.6) is 11.8 Å². The number of aromatic hydroxyl groups is 1. The summed E-state index contributed by atoms with van der Waals surface area (Å²) < 4.78 is 10.4. The number of nitrogens with one attached hydrogen (secondary N) is 1. The van der Waals surface area contributed by atoms with Crippen molar-refractivity contribution < 1.29 is 14.6 Å². The Kier molecular flexibility index (Phi) is 5.46. The quantitative estimate of drug-likeness (QED) is 0.607. The molecular formula is C15H17ClN6O3. The van der Waals surface area contributed by atoms with Crippen LogP contribution in [0.1, 0.15) is 5.56 Å². The number of hydrazone groups is 1. The van der Waals surface area contributed by atoms with Gasteiger partial charge in [-0.1, -0.05) is 11.6 Å². The minimum Gasteiger partial charge on any atom is -0.507 e. The van der Waals surface area contributed by atoms with Gasteiger partial charge in [0.05, 0.1) is 26.5 Å². The number of aromatic nitrogens is 3. The number of hydrogen-bond donors (Lipinski definition) is 2. The van der Waals surface area contributed by atoms with E-state index < -0.39 is 0 Å². The summed E-state index contributed by atoms with van der Waals surface area (Å²) in [6.45, 7) is 2.60. The SMILES string of the molecule is COc1nc(N/N=C\c2cc(Cl)ccc2O)nc(N2CCOCC2)n1. The van der Waals surface area contributed by atoms with Gasteiger partial charge in [0.1, 0.15) is 5.75 Å². The second-order valence-corrected chi connectivity index (χ2v) is 5.55. The number of nitrogens with zero attached hydrogens (tertiary/aromatic N) is 5. The van der Waals surface area contributed by atoms with Gasteiger partial charge >= 0.3 is 6.01 Å². The zero-order valence-electron chi connectivity index (χ0n) is 13.5. The first-order valence-electron chi connectivity index (χ1n) is 7.56. The molecule has 0 radical (unpaired) electrons. The molecule has 0 atom stereocenters. The monoisotopic (exact) mass is 364 g/mol. The average Bonchev–Trinajstić information content (AvgIpc) is 2.65. The Morgan fingerprint density at radius 3 is 2.88 bits per heavy atom. The Balaban J connectivity index is 1.77. The third kappa shape index (κ3) is 4.46. The van der Waals surface area contributed by atoms with Crippen molar-refractivity contribution in [2.75, 3.05) is 43.7 Å². The lowest BCUT2D eigenvalue weighted by Gasteiger charge is -2.26. The van der Waals surface area contributed by atoms with Crippen molar-refractivity contribution in [2.24, 2.45) is 5.10 Å². The van der Waals surface area contributed by atoms with Gasteiger partial charge in [0, 0.05) is 23.7 Å². The van der Waals surface area contributed by atoms with Crippen molar-refractivity contribution in [3.05, 3.63) is 28.8 Å². The van der Waals surface area contributed by atoms with Crippen LogP contribution in [0.4, 0.5) is 11.9 Å². The number of ether oxygens (including phenoxy) is 2. The molecule has 132 valence electrons. The van der Waals surface area contributed by atoms with Crippen molar-refractivity contribution in [1.82, 2.24) is 15.0 Å². The number of morpholine rings is 1. The lowest BCUT2D eigenvalue weighted by atomic mass is 10.2. The highest BCUT2D eigenvalue weighted by Crippen LogP contribution is 2.20. The van der Waals surface area contributed by atoms with Gasteiger partial charge in [-0.05, 0) is 18.2 Å². The largest absolute Gasteiger partial charge is 0.507 e. The molecule has 2 aromatic rings. The smallest absolute Gasteiger partial charge is 0.322 e. The van der Waals surface area contributed by atoms with Crippen LogP contribution in [0.15, 0.2) is 23.3 Å². The van der Waals surface area contributed by atoms with Gasteiger partial charge in [0.2, 0.25) is 5.95 Å². The molecule has 1 saturated heterocycles. The third-order valence-corrected chi connectivity index (χ3v) is 3.67. The van der Waals surface area contributed by atoms with Gasteiger partial charge in [-0.25, -0.2) is 5.43 Å². The summed E-state index contributed by atoms with van der Waals surface area (Å²) in [5.74, 6) is 0.779. The van der Waals surface area contributed by atoms with Crippen LogP contribution in [0.2, 0.25) is 5.02 Å². The minimum atomic E-state index is 0.0668. The molecule has 0 amide bonds. The summed E-state index contributed by atoms with van der Waals surface area (Å²) in [6, 6.07) is 4.86. The van der Waals surface area contributed by atoms with Gasteiger partial charge in [-0.3, -0.25) is 0 Å². The first-order chi connectivity index (χ1) is 12.2. The summed E-state index contributed by atoms with van der Waals surface area (Å²) in [6.07, 6.45) is 1.42. The molecule has 0 saturated carbocycles. The fourth-order valence-electron chi connectivity index (χ4n) is 2.18. The van der Waals surface area contributed by atoms with E-state index in [0.29, 0.717) is 42.8 Å². The number of halogens is 1. The maximum Gasteiger partial charge on any atom is 0.322 e. The first-order valence-corrected chi connectivity index (χ1v) is 7.94. The molecule has 1 aromatic heterocycles. The van der Waals surface area contributed by atoms with Crippen LogP contribution >= 0.6 is 11.6 Å². The maximum atomic E-state index is 9.77. The normalized spacial score (nSPS) is 14.7. The van der Waals surface area contributed by atoms with Crippen LogP contribution in [-0.4, -0.2) is 59.7 Å². The fraction of sp³-hybridized carbons (Fsp3) is 0.333. The maximum absolute atomic E-state index is 9.77. The first kappa shape index (κ1) is 17.2. The third-order valence-electron chi connectivity index (χ3n) is 3.44. The van der Waals surface area contributed by atoms with Crippen LogP contribution in [0.25, 0.3) is 0 Å². The lowest BCUT2D eigenvalue weighted by Crippen LogP contribution is -2.37. The van der Waals surface area contributed by atoms with E-state index in [0.717, 1.165) is 0 Å². The van der Waals surface area contributed by atoms with Gasteiger partial charge < -0.3 is 19.5 Å². The van der Waals surface area contributed by atoms with Gasteiger partial charge in [0.15, 0.2) is 0 Å². The molecule has 0 unspecified atom stereocenters. The molecule has 3 rings (SSSR count). The number of phenolic OH excluding ortho intramolecular Hbond substituents is 1. The molecule has 9 nitrogen and oxygen atoms in total. The summed E-state index contributed by atoms with van der Waals surface area (Å²) >= 11 is 5.90. The summed E-state index contributed by atoms with van der Waals surface area (Å²) in [5.41, 5.74) is 3.18. The zero-order chi connectivity index (χ0) is 17.6. The second-order valence-electron chi connectivity index (χ2n) is 5.12. The number of phenols is 1. The van der Waals surface area contributed by atoms with Crippen molar-refractivity contribution in [1.29, 1.82) is 0 Å². The van der Waals surface area contributed by atoms with Gasteiger partial charge in [-0.15, -0.1) is 0 Å². The van der Waals surface area contributed by atoms with Gasteiger partial charge in [-0.2, -0.15) is 20.1 Å². The Hall–Kier alpha value is -2.65. The summed E-state index contributed by atoms with van der Waals surface area (Å²) in [7, 11) is 1.48. The lowest BCUT2D eigenvalue weighted by molar-refractivity contribution is 0.122. The van der Waals surface area contributed by atoms with E-state index in [-0.39, 0.29) is 17.7 Å². The van der Waals surface area contributed by atoms with E-state index in [2.05, 4.69) is 25.5 Å². The molecule has 1 fully saturated rings. The standard InChI is InChI=1S/C15H17ClN6O3/c1-24-15-19-13(18-14(20-15)22-4-6-25-7-5-22)21-17-9-10-8-11(16)2-3-12(10)23/h2-3,8-9,23H,4-7H2,1H3,(H,18,19,20,21)/b17-9-.